The molecule has 1 rings (SSSR count). The second kappa shape index (κ2) is 8.14. The van der Waals surface area contributed by atoms with Crippen molar-refractivity contribution in [2.75, 3.05) is 19.8 Å². The zero-order chi connectivity index (χ0) is 16.1. The minimum atomic E-state index is -1.64. The van der Waals surface area contributed by atoms with Crippen molar-refractivity contribution in [3.63, 3.8) is 0 Å². The first-order chi connectivity index (χ1) is 9.15. The van der Waals surface area contributed by atoms with Gasteiger partial charge in [0.15, 0.2) is 0 Å². The zero-order valence-corrected chi connectivity index (χ0v) is 10.7. The van der Waals surface area contributed by atoms with Crippen molar-refractivity contribution in [3.8, 4) is 0 Å². The summed E-state index contributed by atoms with van der Waals surface area (Å²) in [6, 6.07) is 0. The number of aliphatic hydroxyl groups excluding tert-OH is 9. The lowest BCUT2D eigenvalue weighted by atomic mass is 9.85. The molecule has 0 aromatic heterocycles. The summed E-state index contributed by atoms with van der Waals surface area (Å²) in [5.41, 5.74) is 3.94. The number of rotatable bonds is 3. The molecule has 0 heterocycles. The molecule has 0 amide bonds. The molecule has 0 saturated heterocycles. The lowest BCUT2D eigenvalue weighted by molar-refractivity contribution is -0.223. The molecule has 11 N–H and O–H groups in total. The van der Waals surface area contributed by atoms with Gasteiger partial charge >= 0.3 is 0 Å². The molecule has 0 radical (unpaired) electrons. The van der Waals surface area contributed by atoms with Gasteiger partial charge in [-0.3, -0.25) is 0 Å². The minimum Gasteiger partial charge on any atom is -0.394 e. The minimum absolute atomic E-state index is 0.403. The highest BCUT2D eigenvalue weighted by atomic mass is 16.4. The molecule has 0 aliphatic heterocycles. The summed E-state index contributed by atoms with van der Waals surface area (Å²) in [4.78, 5) is 0. The van der Waals surface area contributed by atoms with Crippen molar-refractivity contribution < 1.29 is 46.0 Å². The molecular formula is C10H23NO9. The van der Waals surface area contributed by atoms with E-state index in [1.54, 1.807) is 0 Å². The zero-order valence-electron chi connectivity index (χ0n) is 10.7. The van der Waals surface area contributed by atoms with Gasteiger partial charge in [-0.05, 0) is 0 Å². The van der Waals surface area contributed by atoms with Gasteiger partial charge in [0.05, 0.1) is 25.4 Å². The Balaban J connectivity index is 0.000000396. The third-order valence-corrected chi connectivity index (χ3v) is 3.04. The average molecular weight is 301 g/mol. The Hall–Kier alpha value is -0.400. The number of hydrogen-bond donors (Lipinski definition) is 10. The SMILES string of the molecule is NC(CO)(CO)CO.OC1C(O)C(O)C(O)C(O)C1O. The highest BCUT2D eigenvalue weighted by molar-refractivity contribution is 4.98. The molecule has 0 aromatic carbocycles. The van der Waals surface area contributed by atoms with E-state index in [9.17, 15) is 0 Å². The van der Waals surface area contributed by atoms with Crippen LogP contribution in [-0.2, 0) is 0 Å². The fourth-order valence-electron chi connectivity index (χ4n) is 1.36. The standard InChI is InChI=1S/C6H12O6.C4H11NO3/c7-1-2(8)4(10)6(12)5(11)3(1)9;5-4(1-6,2-7)3-8/h1-12H;6-8H,1-3,5H2. The van der Waals surface area contributed by atoms with Crippen LogP contribution in [0.25, 0.3) is 0 Å². The molecule has 122 valence electrons. The maximum absolute atomic E-state index is 8.97. The maximum Gasteiger partial charge on any atom is 0.111 e. The smallest absolute Gasteiger partial charge is 0.111 e. The highest BCUT2D eigenvalue weighted by Gasteiger charge is 2.47. The summed E-state index contributed by atoms with van der Waals surface area (Å²) in [6.45, 7) is -1.21. The van der Waals surface area contributed by atoms with Gasteiger partial charge in [-0.1, -0.05) is 0 Å². The van der Waals surface area contributed by atoms with Crippen molar-refractivity contribution in [3.05, 3.63) is 0 Å². The van der Waals surface area contributed by atoms with Crippen LogP contribution < -0.4 is 5.73 Å². The Kier molecular flexibility index (Phi) is 7.98. The molecule has 0 unspecified atom stereocenters. The molecule has 0 spiro atoms. The van der Waals surface area contributed by atoms with Gasteiger partial charge in [-0.25, -0.2) is 0 Å². The van der Waals surface area contributed by atoms with Crippen LogP contribution in [0.15, 0.2) is 0 Å². The molecule has 0 bridgehead atoms. The lowest BCUT2D eigenvalue weighted by Gasteiger charge is -2.39. The first kappa shape index (κ1) is 19.6. The van der Waals surface area contributed by atoms with Crippen molar-refractivity contribution in [1.82, 2.24) is 0 Å². The first-order valence-corrected chi connectivity index (χ1v) is 5.85. The molecular weight excluding hydrogens is 278 g/mol. The third kappa shape index (κ3) is 4.56. The van der Waals surface area contributed by atoms with Crippen LogP contribution in [0.2, 0.25) is 0 Å². The van der Waals surface area contributed by atoms with Gasteiger partial charge in [0.25, 0.3) is 0 Å². The fourth-order valence-corrected chi connectivity index (χ4v) is 1.36. The lowest BCUT2D eigenvalue weighted by Crippen LogP contribution is -2.63. The summed E-state index contributed by atoms with van der Waals surface area (Å²) < 4.78 is 0. The normalized spacial score (nSPS) is 38.1. The Morgan fingerprint density at radius 2 is 0.700 bits per heavy atom. The molecule has 1 aliphatic rings. The third-order valence-electron chi connectivity index (χ3n) is 3.04. The van der Waals surface area contributed by atoms with E-state index in [1.807, 2.05) is 0 Å². The second-order valence-corrected chi connectivity index (χ2v) is 4.78. The molecule has 0 aromatic rings. The topological polar surface area (TPSA) is 208 Å². The summed E-state index contributed by atoms with van der Waals surface area (Å²) in [7, 11) is 0. The van der Waals surface area contributed by atoms with Gasteiger partial charge < -0.3 is 51.7 Å². The first-order valence-electron chi connectivity index (χ1n) is 5.85. The quantitative estimate of drug-likeness (QED) is 0.238. The van der Waals surface area contributed by atoms with E-state index in [1.165, 1.54) is 0 Å². The Morgan fingerprint density at radius 1 is 0.550 bits per heavy atom. The average Bonchev–Trinajstić information content (AvgIpc) is 2.48. The van der Waals surface area contributed by atoms with Crippen LogP contribution in [0.5, 0.6) is 0 Å². The van der Waals surface area contributed by atoms with Crippen LogP contribution in [0, 0.1) is 0 Å². The van der Waals surface area contributed by atoms with Gasteiger partial charge in [0.1, 0.15) is 36.6 Å². The number of nitrogens with two attached hydrogens (primary N) is 1. The van der Waals surface area contributed by atoms with Crippen LogP contribution in [-0.4, -0.2) is 108 Å². The monoisotopic (exact) mass is 301 g/mol. The van der Waals surface area contributed by atoms with Gasteiger partial charge in [0.2, 0.25) is 0 Å². The molecule has 1 aliphatic carbocycles. The fraction of sp³-hybridized carbons (Fsp3) is 1.00. The number of hydrogen-bond acceptors (Lipinski definition) is 10. The molecule has 1 saturated carbocycles. The molecule has 0 atom stereocenters. The van der Waals surface area contributed by atoms with Crippen LogP contribution >= 0.6 is 0 Å². The Bertz CT molecular complexity index is 209. The van der Waals surface area contributed by atoms with E-state index in [0.717, 1.165) is 0 Å². The van der Waals surface area contributed by atoms with E-state index in [2.05, 4.69) is 0 Å². The van der Waals surface area contributed by atoms with Crippen molar-refractivity contribution >= 4 is 0 Å². The summed E-state index contributed by atoms with van der Waals surface area (Å²) in [5.74, 6) is 0. The Morgan fingerprint density at radius 3 is 0.750 bits per heavy atom. The second-order valence-electron chi connectivity index (χ2n) is 4.78. The molecule has 1 fully saturated rings. The molecule has 10 nitrogen and oxygen atoms in total. The van der Waals surface area contributed by atoms with Crippen molar-refractivity contribution in [2.45, 2.75) is 42.2 Å². The van der Waals surface area contributed by atoms with E-state index in [4.69, 9.17) is 51.7 Å². The van der Waals surface area contributed by atoms with E-state index < -0.39 is 62.0 Å². The summed E-state index contributed by atoms with van der Waals surface area (Å²) >= 11 is 0. The van der Waals surface area contributed by atoms with E-state index in [-0.39, 0.29) is 0 Å². The van der Waals surface area contributed by atoms with Crippen molar-refractivity contribution in [1.29, 1.82) is 0 Å². The largest absolute Gasteiger partial charge is 0.394 e. The van der Waals surface area contributed by atoms with Crippen LogP contribution in [0.3, 0.4) is 0 Å². The van der Waals surface area contributed by atoms with Gasteiger partial charge in [-0.15, -0.1) is 0 Å². The van der Waals surface area contributed by atoms with Crippen LogP contribution in [0.1, 0.15) is 0 Å². The van der Waals surface area contributed by atoms with Crippen LogP contribution in [0.4, 0.5) is 0 Å². The van der Waals surface area contributed by atoms with E-state index >= 15 is 0 Å². The van der Waals surface area contributed by atoms with Crippen molar-refractivity contribution in [2.24, 2.45) is 5.73 Å². The number of aliphatic hydroxyl groups is 9. The predicted octanol–water partition coefficient (Wildman–Crippen LogP) is -6.17. The summed E-state index contributed by atoms with van der Waals surface area (Å²) in [6.07, 6.45) is -9.84. The van der Waals surface area contributed by atoms with Gasteiger partial charge in [0, 0.05) is 0 Å². The summed E-state index contributed by atoms with van der Waals surface area (Å²) in [5, 5.41) is 78.9. The highest BCUT2D eigenvalue weighted by Crippen LogP contribution is 2.20. The van der Waals surface area contributed by atoms with Gasteiger partial charge in [-0.2, -0.15) is 0 Å². The predicted molar refractivity (Wildman–Crippen MR) is 64.2 cm³/mol. The Labute approximate surface area is 115 Å². The maximum atomic E-state index is 8.97. The molecule has 10 heteroatoms. The van der Waals surface area contributed by atoms with E-state index in [0.29, 0.717) is 0 Å². The molecule has 20 heavy (non-hydrogen) atoms.